The lowest BCUT2D eigenvalue weighted by molar-refractivity contribution is 0.406. The maximum absolute atomic E-state index is 6.10. The molecule has 4 heteroatoms. The van der Waals surface area contributed by atoms with Gasteiger partial charge in [0.2, 0.25) is 0 Å². The van der Waals surface area contributed by atoms with Crippen molar-refractivity contribution in [3.05, 3.63) is 22.5 Å². The van der Waals surface area contributed by atoms with Gasteiger partial charge in [-0.15, -0.1) is 24.0 Å². The number of benzene rings is 1. The Morgan fingerprint density at radius 2 is 2.31 bits per heavy atom. The molecule has 0 aliphatic heterocycles. The van der Waals surface area contributed by atoms with Gasteiger partial charge in [0.1, 0.15) is 5.75 Å². The summed E-state index contributed by atoms with van der Waals surface area (Å²) >= 11 is 12.0. The lowest BCUT2D eigenvalue weighted by atomic mass is 10.2. The van der Waals surface area contributed by atoms with Gasteiger partial charge in [0.25, 0.3) is 0 Å². The first-order chi connectivity index (χ1) is 6.24. The van der Waals surface area contributed by atoms with Crippen LogP contribution in [-0.2, 0) is 0 Å². The Kier molecular flexibility index (Phi) is 2.41. The third kappa shape index (κ3) is 1.41. The minimum absolute atomic E-state index is 0.666. The molecule has 0 atom stereocenters. The molecule has 1 heterocycles. The number of halogens is 1. The number of methoxy groups -OCH3 is 1. The molecule has 0 fully saturated rings. The van der Waals surface area contributed by atoms with Crippen LogP contribution in [0.2, 0.25) is 5.02 Å². The number of thiol groups is 1. The minimum Gasteiger partial charge on any atom is -0.495 e. The van der Waals surface area contributed by atoms with Crippen LogP contribution in [0.5, 0.6) is 5.75 Å². The Morgan fingerprint density at radius 3 is 3.00 bits per heavy atom. The molecule has 0 saturated heterocycles. The number of ether oxygens (including phenoxy) is 1. The normalized spacial score (nSPS) is 10.7. The molecule has 2 aromatic rings. The highest BCUT2D eigenvalue weighted by Gasteiger charge is 2.09. The third-order valence-corrected chi connectivity index (χ3v) is 3.69. The molecule has 0 aliphatic rings. The number of hydrogen-bond acceptors (Lipinski definition) is 3. The van der Waals surface area contributed by atoms with Crippen molar-refractivity contribution in [2.75, 3.05) is 7.11 Å². The molecule has 0 amide bonds. The second kappa shape index (κ2) is 3.40. The quantitative estimate of drug-likeness (QED) is 0.733. The molecule has 0 radical (unpaired) electrons. The van der Waals surface area contributed by atoms with E-state index in [-0.39, 0.29) is 0 Å². The fourth-order valence-electron chi connectivity index (χ4n) is 1.19. The highest BCUT2D eigenvalue weighted by molar-refractivity contribution is 7.80. The molecule has 0 aliphatic carbocycles. The number of rotatable bonds is 1. The molecule has 0 unspecified atom stereocenters. The van der Waals surface area contributed by atoms with Crippen molar-refractivity contribution in [2.45, 2.75) is 4.90 Å². The Balaban J connectivity index is 2.83. The van der Waals surface area contributed by atoms with Gasteiger partial charge in [0, 0.05) is 10.1 Å². The molecule has 68 valence electrons. The summed E-state index contributed by atoms with van der Waals surface area (Å²) in [5, 5.41) is 3.71. The Labute approximate surface area is 90.7 Å². The van der Waals surface area contributed by atoms with Crippen LogP contribution in [0.3, 0.4) is 0 Å². The van der Waals surface area contributed by atoms with Gasteiger partial charge < -0.3 is 4.74 Å². The summed E-state index contributed by atoms with van der Waals surface area (Å²) in [7, 11) is 1.62. The summed E-state index contributed by atoms with van der Waals surface area (Å²) < 4.78 is 6.27. The number of fused-ring (bicyclic) bond motifs is 1. The van der Waals surface area contributed by atoms with Gasteiger partial charge >= 0.3 is 0 Å². The van der Waals surface area contributed by atoms with Crippen LogP contribution in [0.25, 0.3) is 10.1 Å². The molecule has 0 N–H and O–H groups in total. The van der Waals surface area contributed by atoms with Gasteiger partial charge in [-0.05, 0) is 17.5 Å². The van der Waals surface area contributed by atoms with Gasteiger partial charge in [0.05, 0.1) is 17.0 Å². The van der Waals surface area contributed by atoms with E-state index in [0.29, 0.717) is 9.92 Å². The lowest BCUT2D eigenvalue weighted by Crippen LogP contribution is -1.84. The first-order valence-electron chi connectivity index (χ1n) is 3.66. The SMILES string of the molecule is COc1cc2sccc2c(Cl)c1S. The van der Waals surface area contributed by atoms with Crippen LogP contribution < -0.4 is 4.74 Å². The minimum atomic E-state index is 0.666. The molecule has 0 saturated carbocycles. The summed E-state index contributed by atoms with van der Waals surface area (Å²) in [6.07, 6.45) is 0. The largest absolute Gasteiger partial charge is 0.495 e. The van der Waals surface area contributed by atoms with E-state index in [0.717, 1.165) is 15.8 Å². The van der Waals surface area contributed by atoms with Crippen LogP contribution >= 0.6 is 35.6 Å². The van der Waals surface area contributed by atoms with Crippen molar-refractivity contribution in [3.8, 4) is 5.75 Å². The summed E-state index contributed by atoms with van der Waals surface area (Å²) in [4.78, 5) is 0.704. The van der Waals surface area contributed by atoms with Gasteiger partial charge in [-0.25, -0.2) is 0 Å². The highest BCUT2D eigenvalue weighted by atomic mass is 35.5. The van der Waals surface area contributed by atoms with Crippen LogP contribution in [0, 0.1) is 0 Å². The summed E-state index contributed by atoms with van der Waals surface area (Å²) in [5.74, 6) is 0.725. The fourth-order valence-corrected chi connectivity index (χ4v) is 2.61. The summed E-state index contributed by atoms with van der Waals surface area (Å²) in [6, 6.07) is 3.94. The van der Waals surface area contributed by atoms with Crippen LogP contribution in [0.1, 0.15) is 0 Å². The van der Waals surface area contributed by atoms with Crippen molar-refractivity contribution < 1.29 is 4.74 Å². The maximum atomic E-state index is 6.10. The maximum Gasteiger partial charge on any atom is 0.135 e. The van der Waals surface area contributed by atoms with Gasteiger partial charge in [-0.1, -0.05) is 11.6 Å². The van der Waals surface area contributed by atoms with Crippen LogP contribution in [0.4, 0.5) is 0 Å². The van der Waals surface area contributed by atoms with E-state index < -0.39 is 0 Å². The first-order valence-corrected chi connectivity index (χ1v) is 5.37. The average molecular weight is 231 g/mol. The van der Waals surface area contributed by atoms with Crippen molar-refractivity contribution in [1.29, 1.82) is 0 Å². The van der Waals surface area contributed by atoms with Crippen LogP contribution in [-0.4, -0.2) is 7.11 Å². The van der Waals surface area contributed by atoms with Gasteiger partial charge in [0.15, 0.2) is 0 Å². The first kappa shape index (κ1) is 9.19. The second-order valence-electron chi connectivity index (χ2n) is 2.57. The number of thiophene rings is 1. The molecular formula is C9H7ClOS2. The second-order valence-corrected chi connectivity index (χ2v) is 4.35. The van der Waals surface area contributed by atoms with E-state index in [4.69, 9.17) is 16.3 Å². The van der Waals surface area contributed by atoms with Crippen molar-refractivity contribution >= 4 is 45.7 Å². The van der Waals surface area contributed by atoms with Crippen molar-refractivity contribution in [2.24, 2.45) is 0 Å². The third-order valence-electron chi connectivity index (χ3n) is 1.86. The van der Waals surface area contributed by atoms with E-state index in [1.165, 1.54) is 0 Å². The molecular weight excluding hydrogens is 224 g/mol. The Morgan fingerprint density at radius 1 is 1.54 bits per heavy atom. The molecule has 13 heavy (non-hydrogen) atoms. The van der Waals surface area contributed by atoms with E-state index in [1.54, 1.807) is 18.4 Å². The Bertz CT molecular complexity index is 450. The number of hydrogen-bond donors (Lipinski definition) is 1. The Hall–Kier alpha value is -0.380. The molecule has 1 nitrogen and oxygen atoms in total. The monoisotopic (exact) mass is 230 g/mol. The van der Waals surface area contributed by atoms with E-state index in [9.17, 15) is 0 Å². The van der Waals surface area contributed by atoms with Gasteiger partial charge in [-0.3, -0.25) is 0 Å². The molecule has 2 rings (SSSR count). The van der Waals surface area contributed by atoms with Gasteiger partial charge in [-0.2, -0.15) is 0 Å². The predicted molar refractivity (Wildman–Crippen MR) is 60.6 cm³/mol. The molecule has 0 spiro atoms. The van der Waals surface area contributed by atoms with E-state index in [2.05, 4.69) is 12.6 Å². The lowest BCUT2D eigenvalue weighted by Gasteiger charge is -2.05. The zero-order valence-electron chi connectivity index (χ0n) is 6.87. The van der Waals surface area contributed by atoms with E-state index in [1.807, 2.05) is 17.5 Å². The molecule has 1 aromatic heterocycles. The van der Waals surface area contributed by atoms with Crippen LogP contribution in [0.15, 0.2) is 22.4 Å². The summed E-state index contributed by atoms with van der Waals surface area (Å²) in [6.45, 7) is 0. The summed E-state index contributed by atoms with van der Waals surface area (Å²) in [5.41, 5.74) is 0. The topological polar surface area (TPSA) is 9.23 Å². The smallest absolute Gasteiger partial charge is 0.135 e. The highest BCUT2D eigenvalue weighted by Crippen LogP contribution is 2.39. The van der Waals surface area contributed by atoms with Crippen molar-refractivity contribution in [1.82, 2.24) is 0 Å². The standard InChI is InChI=1S/C9H7ClOS2/c1-11-6-4-7-5(2-3-13-7)8(10)9(6)12/h2-4,12H,1H3. The zero-order chi connectivity index (χ0) is 9.42. The molecule has 0 bridgehead atoms. The van der Waals surface area contributed by atoms with Crippen molar-refractivity contribution in [3.63, 3.8) is 0 Å². The van der Waals surface area contributed by atoms with E-state index >= 15 is 0 Å². The molecule has 1 aromatic carbocycles. The predicted octanol–water partition coefficient (Wildman–Crippen LogP) is 3.85. The average Bonchev–Trinajstić information content (AvgIpc) is 2.59. The fraction of sp³-hybridized carbons (Fsp3) is 0.111. The zero-order valence-corrected chi connectivity index (χ0v) is 9.34.